The number of hydrogen-bond donors (Lipinski definition) is 2. The lowest BCUT2D eigenvalue weighted by atomic mass is 10.1. The van der Waals surface area contributed by atoms with Gasteiger partial charge in [-0.3, -0.25) is 0 Å². The molecule has 0 saturated carbocycles. The molecule has 2 N–H and O–H groups in total. The van der Waals surface area contributed by atoms with Crippen molar-refractivity contribution in [1.82, 2.24) is 25.2 Å². The number of anilines is 1. The zero-order valence-corrected chi connectivity index (χ0v) is 16.9. The normalized spacial score (nSPS) is 14.5. The van der Waals surface area contributed by atoms with Crippen LogP contribution in [-0.4, -0.2) is 33.7 Å². The van der Waals surface area contributed by atoms with Crippen molar-refractivity contribution in [1.29, 1.82) is 0 Å². The standard InChI is InChI=1S/C22H25FN6O/c1-28-12-9-25-21(28)20(17-5-4-6-18(23)14-17)27-22(30)26-15-16-7-8-24-19(13-16)29-10-2-3-11-29/h4-9,12-14,20H,2-3,10-11,15H2,1H3,(H2,26,27,30). The topological polar surface area (TPSA) is 75.1 Å². The van der Waals surface area contributed by atoms with Gasteiger partial charge in [-0.15, -0.1) is 0 Å². The minimum Gasteiger partial charge on any atom is -0.357 e. The van der Waals surface area contributed by atoms with Gasteiger partial charge in [0.15, 0.2) is 0 Å². The van der Waals surface area contributed by atoms with E-state index in [0.717, 1.165) is 24.5 Å². The summed E-state index contributed by atoms with van der Waals surface area (Å²) >= 11 is 0. The molecular formula is C22H25FN6O. The van der Waals surface area contributed by atoms with Gasteiger partial charge in [0.05, 0.1) is 0 Å². The molecule has 1 unspecified atom stereocenters. The van der Waals surface area contributed by atoms with Crippen LogP contribution in [0.4, 0.5) is 15.0 Å². The summed E-state index contributed by atoms with van der Waals surface area (Å²) in [5.41, 5.74) is 1.60. The molecular weight excluding hydrogens is 383 g/mol. The van der Waals surface area contributed by atoms with Crippen LogP contribution in [0.3, 0.4) is 0 Å². The quantitative estimate of drug-likeness (QED) is 0.657. The molecule has 0 bridgehead atoms. The van der Waals surface area contributed by atoms with Gasteiger partial charge in [-0.25, -0.2) is 19.2 Å². The fourth-order valence-corrected chi connectivity index (χ4v) is 3.69. The van der Waals surface area contributed by atoms with Crippen molar-refractivity contribution in [3.8, 4) is 0 Å². The van der Waals surface area contributed by atoms with E-state index in [1.54, 1.807) is 35.3 Å². The van der Waals surface area contributed by atoms with Gasteiger partial charge in [0.1, 0.15) is 23.5 Å². The number of nitrogens with zero attached hydrogens (tertiary/aromatic N) is 4. The number of benzene rings is 1. The molecule has 2 aromatic heterocycles. The first kappa shape index (κ1) is 19.9. The number of aryl methyl sites for hydroxylation is 1. The lowest BCUT2D eigenvalue weighted by molar-refractivity contribution is 0.237. The Kier molecular flexibility index (Phi) is 5.92. The molecule has 3 heterocycles. The Balaban J connectivity index is 1.44. The number of rotatable bonds is 6. The second kappa shape index (κ2) is 8.94. The SMILES string of the molecule is Cn1ccnc1C(NC(=O)NCc1ccnc(N2CCCC2)c1)c1cccc(F)c1. The first-order chi connectivity index (χ1) is 14.6. The van der Waals surface area contributed by atoms with E-state index >= 15 is 0 Å². The first-order valence-corrected chi connectivity index (χ1v) is 10.1. The fraction of sp³-hybridized carbons (Fsp3) is 0.318. The molecule has 1 fully saturated rings. The largest absolute Gasteiger partial charge is 0.357 e. The van der Waals surface area contributed by atoms with E-state index in [4.69, 9.17) is 0 Å². The summed E-state index contributed by atoms with van der Waals surface area (Å²) in [6.07, 6.45) is 7.57. The molecule has 7 nitrogen and oxygen atoms in total. The van der Waals surface area contributed by atoms with Crippen molar-refractivity contribution < 1.29 is 9.18 Å². The predicted octanol–water partition coefficient (Wildman–Crippen LogP) is 3.14. The van der Waals surface area contributed by atoms with Crippen molar-refractivity contribution >= 4 is 11.8 Å². The monoisotopic (exact) mass is 408 g/mol. The minimum absolute atomic E-state index is 0.355. The van der Waals surface area contributed by atoms with Crippen LogP contribution < -0.4 is 15.5 Å². The van der Waals surface area contributed by atoms with Crippen molar-refractivity contribution in [3.63, 3.8) is 0 Å². The maximum atomic E-state index is 13.8. The zero-order valence-electron chi connectivity index (χ0n) is 16.9. The molecule has 4 rings (SSSR count). The highest BCUT2D eigenvalue weighted by atomic mass is 19.1. The van der Waals surface area contributed by atoms with Crippen LogP contribution in [0.25, 0.3) is 0 Å². The number of halogens is 1. The molecule has 1 aliphatic heterocycles. The average molecular weight is 408 g/mol. The molecule has 3 aromatic rings. The Hall–Kier alpha value is -3.42. The first-order valence-electron chi connectivity index (χ1n) is 10.1. The third-order valence-corrected chi connectivity index (χ3v) is 5.27. The van der Waals surface area contributed by atoms with Gasteiger partial charge in [0, 0.05) is 45.3 Å². The summed E-state index contributed by atoms with van der Waals surface area (Å²) in [6.45, 7) is 2.40. The van der Waals surface area contributed by atoms with Crippen LogP contribution in [0.15, 0.2) is 55.0 Å². The van der Waals surface area contributed by atoms with Crippen LogP contribution >= 0.6 is 0 Å². The number of aromatic nitrogens is 3. The van der Waals surface area contributed by atoms with E-state index in [0.29, 0.717) is 17.9 Å². The third kappa shape index (κ3) is 4.59. The van der Waals surface area contributed by atoms with E-state index in [2.05, 4.69) is 25.5 Å². The van der Waals surface area contributed by atoms with E-state index in [1.807, 2.05) is 19.2 Å². The van der Waals surface area contributed by atoms with Crippen LogP contribution in [0, 0.1) is 5.82 Å². The number of carbonyl (C=O) groups is 1. The fourth-order valence-electron chi connectivity index (χ4n) is 3.69. The molecule has 30 heavy (non-hydrogen) atoms. The summed E-state index contributed by atoms with van der Waals surface area (Å²) in [6, 6.07) is 9.15. The average Bonchev–Trinajstić information content (AvgIpc) is 3.43. The molecule has 1 aliphatic rings. The highest BCUT2D eigenvalue weighted by Gasteiger charge is 2.21. The van der Waals surface area contributed by atoms with Crippen molar-refractivity contribution in [3.05, 3.63) is 77.8 Å². The van der Waals surface area contributed by atoms with Gasteiger partial charge in [-0.05, 0) is 48.2 Å². The minimum atomic E-state index is -0.571. The van der Waals surface area contributed by atoms with Gasteiger partial charge in [-0.2, -0.15) is 0 Å². The number of urea groups is 1. The maximum Gasteiger partial charge on any atom is 0.315 e. The summed E-state index contributed by atoms with van der Waals surface area (Å²) in [5.74, 6) is 1.20. The Morgan fingerprint density at radius 3 is 2.73 bits per heavy atom. The van der Waals surface area contributed by atoms with Crippen LogP contribution in [0.5, 0.6) is 0 Å². The number of amides is 2. The van der Waals surface area contributed by atoms with E-state index < -0.39 is 6.04 Å². The van der Waals surface area contributed by atoms with Gasteiger partial charge < -0.3 is 20.1 Å². The third-order valence-electron chi connectivity index (χ3n) is 5.27. The molecule has 0 aliphatic carbocycles. The molecule has 8 heteroatoms. The number of hydrogen-bond acceptors (Lipinski definition) is 4. The highest BCUT2D eigenvalue weighted by molar-refractivity contribution is 5.75. The zero-order chi connectivity index (χ0) is 20.9. The number of imidazole rings is 1. The van der Waals surface area contributed by atoms with Crippen LogP contribution in [-0.2, 0) is 13.6 Å². The van der Waals surface area contributed by atoms with Crippen LogP contribution in [0.1, 0.15) is 35.8 Å². The molecule has 2 amide bonds. The summed E-state index contributed by atoms with van der Waals surface area (Å²) in [7, 11) is 1.84. The predicted molar refractivity (Wildman–Crippen MR) is 113 cm³/mol. The molecule has 0 radical (unpaired) electrons. The van der Waals surface area contributed by atoms with Crippen LogP contribution in [0.2, 0.25) is 0 Å². The second-order valence-electron chi connectivity index (χ2n) is 7.43. The number of carbonyl (C=O) groups excluding carboxylic acids is 1. The summed E-state index contributed by atoms with van der Waals surface area (Å²) in [5, 5.41) is 5.80. The summed E-state index contributed by atoms with van der Waals surface area (Å²) < 4.78 is 15.6. The van der Waals surface area contributed by atoms with E-state index in [1.165, 1.54) is 25.0 Å². The van der Waals surface area contributed by atoms with E-state index in [-0.39, 0.29) is 11.8 Å². The number of nitrogens with one attached hydrogen (secondary N) is 2. The lowest BCUT2D eigenvalue weighted by Crippen LogP contribution is -2.39. The van der Waals surface area contributed by atoms with Crippen molar-refractivity contribution in [2.75, 3.05) is 18.0 Å². The Morgan fingerprint density at radius 1 is 1.17 bits per heavy atom. The van der Waals surface area contributed by atoms with Gasteiger partial charge in [0.25, 0.3) is 0 Å². The Labute approximate surface area is 175 Å². The smallest absolute Gasteiger partial charge is 0.315 e. The Bertz CT molecular complexity index is 1010. The molecule has 156 valence electrons. The molecule has 1 aromatic carbocycles. The van der Waals surface area contributed by atoms with Gasteiger partial charge in [-0.1, -0.05) is 12.1 Å². The number of pyridine rings is 1. The van der Waals surface area contributed by atoms with E-state index in [9.17, 15) is 9.18 Å². The van der Waals surface area contributed by atoms with Gasteiger partial charge in [0.2, 0.25) is 0 Å². The molecule has 0 spiro atoms. The molecule has 1 saturated heterocycles. The Morgan fingerprint density at radius 2 is 2.00 bits per heavy atom. The van der Waals surface area contributed by atoms with Gasteiger partial charge >= 0.3 is 6.03 Å². The highest BCUT2D eigenvalue weighted by Crippen LogP contribution is 2.21. The molecule has 1 atom stereocenters. The maximum absolute atomic E-state index is 13.8. The summed E-state index contributed by atoms with van der Waals surface area (Å²) in [4.78, 5) is 23.7. The van der Waals surface area contributed by atoms with Crippen molar-refractivity contribution in [2.24, 2.45) is 7.05 Å². The van der Waals surface area contributed by atoms with Crippen molar-refractivity contribution in [2.45, 2.75) is 25.4 Å². The lowest BCUT2D eigenvalue weighted by Gasteiger charge is -2.20. The second-order valence-corrected chi connectivity index (χ2v) is 7.43.